The standard InChI is InChI=1S/C15H19Cl2NO2/c1-10(2)7-12(9-19)18-15(20)6-4-11-3-5-13(16)14(17)8-11/h3-6,8,10,12,19H,7,9H2,1-2H3,(H,18,20)/b6-4+. The lowest BCUT2D eigenvalue weighted by atomic mass is 10.0. The van der Waals surface area contributed by atoms with Crippen molar-refractivity contribution in [3.63, 3.8) is 0 Å². The summed E-state index contributed by atoms with van der Waals surface area (Å²) < 4.78 is 0. The van der Waals surface area contributed by atoms with E-state index in [1.165, 1.54) is 6.08 Å². The molecule has 1 atom stereocenters. The molecule has 0 saturated heterocycles. The van der Waals surface area contributed by atoms with Crippen molar-refractivity contribution in [3.05, 3.63) is 39.9 Å². The highest BCUT2D eigenvalue weighted by molar-refractivity contribution is 6.42. The number of aliphatic hydroxyl groups excluding tert-OH is 1. The summed E-state index contributed by atoms with van der Waals surface area (Å²) in [6.07, 6.45) is 3.81. The van der Waals surface area contributed by atoms with Gasteiger partial charge in [0, 0.05) is 6.08 Å². The van der Waals surface area contributed by atoms with Crippen molar-refractivity contribution in [2.45, 2.75) is 26.3 Å². The molecule has 0 saturated carbocycles. The Morgan fingerprint density at radius 3 is 2.60 bits per heavy atom. The number of amides is 1. The van der Waals surface area contributed by atoms with Gasteiger partial charge in [-0.1, -0.05) is 43.1 Å². The van der Waals surface area contributed by atoms with Crippen LogP contribution in [0.4, 0.5) is 0 Å². The van der Waals surface area contributed by atoms with Crippen molar-refractivity contribution >= 4 is 35.2 Å². The first-order valence-corrected chi connectivity index (χ1v) is 7.22. The molecule has 3 nitrogen and oxygen atoms in total. The van der Waals surface area contributed by atoms with Gasteiger partial charge in [-0.2, -0.15) is 0 Å². The Morgan fingerprint density at radius 2 is 2.05 bits per heavy atom. The average Bonchev–Trinajstić information content (AvgIpc) is 2.39. The third-order valence-electron chi connectivity index (χ3n) is 2.69. The summed E-state index contributed by atoms with van der Waals surface area (Å²) in [6, 6.07) is 4.92. The molecule has 0 aliphatic carbocycles. The van der Waals surface area contributed by atoms with Crippen LogP contribution in [0, 0.1) is 5.92 Å². The molecule has 0 fully saturated rings. The van der Waals surface area contributed by atoms with E-state index in [-0.39, 0.29) is 18.6 Å². The summed E-state index contributed by atoms with van der Waals surface area (Å²) in [5.74, 6) is 0.169. The molecule has 20 heavy (non-hydrogen) atoms. The Hall–Kier alpha value is -1.03. The summed E-state index contributed by atoms with van der Waals surface area (Å²) >= 11 is 11.7. The van der Waals surface area contributed by atoms with Gasteiger partial charge in [-0.15, -0.1) is 0 Å². The fraction of sp³-hybridized carbons (Fsp3) is 0.400. The molecule has 1 aromatic rings. The van der Waals surface area contributed by atoms with Gasteiger partial charge in [0.15, 0.2) is 0 Å². The molecule has 0 aliphatic rings. The molecule has 1 amide bonds. The largest absolute Gasteiger partial charge is 0.394 e. The van der Waals surface area contributed by atoms with Crippen LogP contribution in [0.1, 0.15) is 25.8 Å². The van der Waals surface area contributed by atoms with Gasteiger partial charge in [-0.25, -0.2) is 0 Å². The SMILES string of the molecule is CC(C)CC(CO)NC(=O)/C=C/c1ccc(Cl)c(Cl)c1. The maximum atomic E-state index is 11.8. The predicted molar refractivity (Wildman–Crippen MR) is 84.0 cm³/mol. The van der Waals surface area contributed by atoms with Crippen LogP contribution in [-0.2, 0) is 4.79 Å². The Morgan fingerprint density at radius 1 is 1.35 bits per heavy atom. The van der Waals surface area contributed by atoms with E-state index in [2.05, 4.69) is 5.32 Å². The molecule has 0 radical (unpaired) electrons. The predicted octanol–water partition coefficient (Wildman–Crippen LogP) is 3.53. The molecule has 110 valence electrons. The Balaban J connectivity index is 2.60. The third-order valence-corrected chi connectivity index (χ3v) is 3.43. The Bertz CT molecular complexity index is 487. The molecule has 0 aromatic heterocycles. The minimum absolute atomic E-state index is 0.0649. The summed E-state index contributed by atoms with van der Waals surface area (Å²) in [6.45, 7) is 4.02. The lowest BCUT2D eigenvalue weighted by Crippen LogP contribution is -2.37. The number of carbonyl (C=O) groups excluding carboxylic acids is 1. The number of aliphatic hydroxyl groups is 1. The third kappa shape index (κ3) is 5.95. The first-order valence-electron chi connectivity index (χ1n) is 6.47. The van der Waals surface area contributed by atoms with Gasteiger partial charge in [0.25, 0.3) is 0 Å². The topological polar surface area (TPSA) is 49.3 Å². The molecule has 1 aromatic carbocycles. The van der Waals surface area contributed by atoms with E-state index in [1.807, 2.05) is 13.8 Å². The number of nitrogens with one attached hydrogen (secondary N) is 1. The van der Waals surface area contributed by atoms with Crippen molar-refractivity contribution in [1.29, 1.82) is 0 Å². The van der Waals surface area contributed by atoms with Crippen LogP contribution in [0.15, 0.2) is 24.3 Å². The van der Waals surface area contributed by atoms with Gasteiger partial charge < -0.3 is 10.4 Å². The molecule has 5 heteroatoms. The highest BCUT2D eigenvalue weighted by Gasteiger charge is 2.11. The van der Waals surface area contributed by atoms with Crippen molar-refractivity contribution in [1.82, 2.24) is 5.32 Å². The van der Waals surface area contributed by atoms with Crippen LogP contribution in [-0.4, -0.2) is 23.7 Å². The number of hydrogen-bond donors (Lipinski definition) is 2. The molecule has 0 heterocycles. The van der Waals surface area contributed by atoms with E-state index in [9.17, 15) is 9.90 Å². The lowest BCUT2D eigenvalue weighted by Gasteiger charge is -2.17. The van der Waals surface area contributed by atoms with Crippen LogP contribution in [0.5, 0.6) is 0 Å². The van der Waals surface area contributed by atoms with Crippen LogP contribution in [0.2, 0.25) is 10.0 Å². The second-order valence-corrected chi connectivity index (χ2v) is 5.84. The minimum Gasteiger partial charge on any atom is -0.394 e. The van der Waals surface area contributed by atoms with Crippen molar-refractivity contribution < 1.29 is 9.90 Å². The van der Waals surface area contributed by atoms with E-state index in [4.69, 9.17) is 23.2 Å². The fourth-order valence-corrected chi connectivity index (χ4v) is 2.09. The molecule has 0 bridgehead atoms. The first kappa shape index (κ1) is 17.0. The van der Waals surface area contributed by atoms with Crippen LogP contribution in [0.25, 0.3) is 6.08 Å². The Labute approximate surface area is 129 Å². The van der Waals surface area contributed by atoms with E-state index in [0.717, 1.165) is 12.0 Å². The zero-order valence-corrected chi connectivity index (χ0v) is 13.1. The summed E-state index contributed by atoms with van der Waals surface area (Å²) in [7, 11) is 0. The van der Waals surface area contributed by atoms with Crippen molar-refractivity contribution in [2.75, 3.05) is 6.61 Å². The molecule has 1 unspecified atom stereocenters. The van der Waals surface area contributed by atoms with Gasteiger partial charge in [0.05, 0.1) is 22.7 Å². The Kier molecular flexibility index (Phi) is 7.06. The zero-order valence-electron chi connectivity index (χ0n) is 11.6. The summed E-state index contributed by atoms with van der Waals surface area (Å²) in [5, 5.41) is 12.9. The minimum atomic E-state index is -0.240. The second kappa shape index (κ2) is 8.30. The monoisotopic (exact) mass is 315 g/mol. The van der Waals surface area contributed by atoms with E-state index in [0.29, 0.717) is 16.0 Å². The van der Waals surface area contributed by atoms with Crippen molar-refractivity contribution in [2.24, 2.45) is 5.92 Å². The zero-order chi connectivity index (χ0) is 15.1. The molecule has 2 N–H and O–H groups in total. The normalized spacial score (nSPS) is 12.9. The molecule has 0 aliphatic heterocycles. The number of hydrogen-bond acceptors (Lipinski definition) is 2. The highest BCUT2D eigenvalue weighted by atomic mass is 35.5. The maximum absolute atomic E-state index is 11.8. The number of benzene rings is 1. The van der Waals surface area contributed by atoms with Crippen LogP contribution in [0.3, 0.4) is 0 Å². The van der Waals surface area contributed by atoms with E-state index < -0.39 is 0 Å². The number of carbonyl (C=O) groups is 1. The van der Waals surface area contributed by atoms with Crippen LogP contribution < -0.4 is 5.32 Å². The average molecular weight is 316 g/mol. The molecule has 0 spiro atoms. The van der Waals surface area contributed by atoms with Gasteiger partial charge in [0.1, 0.15) is 0 Å². The highest BCUT2D eigenvalue weighted by Crippen LogP contribution is 2.23. The molecular formula is C15H19Cl2NO2. The molecule has 1 rings (SSSR count). The van der Waals surface area contributed by atoms with E-state index in [1.54, 1.807) is 24.3 Å². The maximum Gasteiger partial charge on any atom is 0.244 e. The van der Waals surface area contributed by atoms with Crippen molar-refractivity contribution in [3.8, 4) is 0 Å². The van der Waals surface area contributed by atoms with Gasteiger partial charge >= 0.3 is 0 Å². The summed E-state index contributed by atoms with van der Waals surface area (Å²) in [4.78, 5) is 11.8. The van der Waals surface area contributed by atoms with Crippen LogP contribution >= 0.6 is 23.2 Å². The number of rotatable bonds is 6. The lowest BCUT2D eigenvalue weighted by molar-refractivity contribution is -0.117. The first-order chi connectivity index (χ1) is 9.42. The quantitative estimate of drug-likeness (QED) is 0.789. The summed E-state index contributed by atoms with van der Waals surface area (Å²) in [5.41, 5.74) is 0.791. The fourth-order valence-electron chi connectivity index (χ4n) is 1.79. The number of halogens is 2. The smallest absolute Gasteiger partial charge is 0.244 e. The molecular weight excluding hydrogens is 297 g/mol. The van der Waals surface area contributed by atoms with Gasteiger partial charge in [-0.3, -0.25) is 4.79 Å². The van der Waals surface area contributed by atoms with E-state index >= 15 is 0 Å². The van der Waals surface area contributed by atoms with Gasteiger partial charge in [-0.05, 0) is 36.1 Å². The second-order valence-electron chi connectivity index (χ2n) is 5.02. The van der Waals surface area contributed by atoms with Gasteiger partial charge in [0.2, 0.25) is 5.91 Å².